The van der Waals surface area contributed by atoms with Crippen LogP contribution in [0.1, 0.15) is 28.1 Å². The maximum atomic E-state index is 13.6. The van der Waals surface area contributed by atoms with Gasteiger partial charge in [-0.25, -0.2) is 4.98 Å². The molecule has 0 aliphatic carbocycles. The van der Waals surface area contributed by atoms with Gasteiger partial charge in [0.1, 0.15) is 22.8 Å². The molecule has 37 heavy (non-hydrogen) atoms. The van der Waals surface area contributed by atoms with Crippen LogP contribution in [0.4, 0.5) is 0 Å². The van der Waals surface area contributed by atoms with Gasteiger partial charge in [0.05, 0.1) is 38.0 Å². The third-order valence-corrected chi connectivity index (χ3v) is 7.47. The average molecular weight is 519 g/mol. The van der Waals surface area contributed by atoms with Crippen molar-refractivity contribution in [3.63, 3.8) is 0 Å². The van der Waals surface area contributed by atoms with Crippen LogP contribution in [-0.4, -0.2) is 56.4 Å². The summed E-state index contributed by atoms with van der Waals surface area (Å²) in [6.07, 6.45) is 1.96. The van der Waals surface area contributed by atoms with Crippen LogP contribution in [0.5, 0.6) is 17.2 Å². The normalized spacial score (nSPS) is 15.1. The first-order valence-electron chi connectivity index (χ1n) is 12.2. The molecule has 0 bridgehead atoms. The van der Waals surface area contributed by atoms with Crippen LogP contribution >= 0.6 is 11.3 Å². The predicted molar refractivity (Wildman–Crippen MR) is 145 cm³/mol. The van der Waals surface area contributed by atoms with Crippen molar-refractivity contribution in [2.45, 2.75) is 25.5 Å². The molecule has 7 nitrogen and oxygen atoms in total. The van der Waals surface area contributed by atoms with Gasteiger partial charge in [0.2, 0.25) is 0 Å². The second-order valence-corrected chi connectivity index (χ2v) is 9.81. The fourth-order valence-corrected chi connectivity index (χ4v) is 5.49. The van der Waals surface area contributed by atoms with Crippen LogP contribution in [-0.2, 0) is 11.3 Å². The first-order valence-corrected chi connectivity index (χ1v) is 13.1. The van der Waals surface area contributed by atoms with E-state index in [0.29, 0.717) is 40.7 Å². The highest BCUT2D eigenvalue weighted by atomic mass is 32.1. The highest BCUT2D eigenvalue weighted by molar-refractivity contribution is 7.12. The van der Waals surface area contributed by atoms with E-state index in [2.05, 4.69) is 6.07 Å². The highest BCUT2D eigenvalue weighted by Crippen LogP contribution is 2.39. The number of fused-ring (bicyclic) bond motifs is 1. The Labute approximate surface area is 220 Å². The lowest BCUT2D eigenvalue weighted by atomic mass is 10.0. The van der Waals surface area contributed by atoms with Crippen molar-refractivity contribution in [3.05, 3.63) is 70.4 Å². The van der Waals surface area contributed by atoms with Crippen molar-refractivity contribution >= 4 is 28.1 Å². The second kappa shape index (κ2) is 11.2. The Morgan fingerprint density at radius 2 is 1.81 bits per heavy atom. The standard InChI is InChI=1S/C29H30N2O5S/c1-33-23-10-5-4-9-21(23)27-19(16-22-24(34-2)12-13-25(35-3)28(22)30-27)17-31(18-20-8-6-14-36-20)29(32)26-11-7-15-37-26/h4-5,7,9-13,15-16,20H,6,8,14,17-18H2,1-3H3. The van der Waals surface area contributed by atoms with Gasteiger partial charge < -0.3 is 23.8 Å². The molecular formula is C29H30N2O5S. The van der Waals surface area contributed by atoms with E-state index in [4.69, 9.17) is 23.9 Å². The summed E-state index contributed by atoms with van der Waals surface area (Å²) in [4.78, 5) is 21.3. The number of thiophene rings is 1. The number of aromatic nitrogens is 1. The lowest BCUT2D eigenvalue weighted by molar-refractivity contribution is 0.0511. The fourth-order valence-electron chi connectivity index (χ4n) is 4.80. The number of rotatable bonds is 9. The molecule has 1 aliphatic rings. The Balaban J connectivity index is 1.67. The Kier molecular flexibility index (Phi) is 7.58. The number of amides is 1. The van der Waals surface area contributed by atoms with Gasteiger partial charge >= 0.3 is 0 Å². The third kappa shape index (κ3) is 5.12. The summed E-state index contributed by atoms with van der Waals surface area (Å²) in [6.45, 7) is 1.59. The zero-order valence-electron chi connectivity index (χ0n) is 21.2. The van der Waals surface area contributed by atoms with Gasteiger partial charge in [-0.3, -0.25) is 4.79 Å². The number of para-hydroxylation sites is 1. The lowest BCUT2D eigenvalue weighted by Crippen LogP contribution is -2.36. The zero-order chi connectivity index (χ0) is 25.8. The Morgan fingerprint density at radius 1 is 1.03 bits per heavy atom. The molecule has 1 aliphatic heterocycles. The molecule has 3 heterocycles. The van der Waals surface area contributed by atoms with Crippen LogP contribution in [0.2, 0.25) is 0 Å². The maximum Gasteiger partial charge on any atom is 0.264 e. The van der Waals surface area contributed by atoms with E-state index in [0.717, 1.165) is 41.7 Å². The number of pyridine rings is 1. The van der Waals surface area contributed by atoms with Crippen LogP contribution in [0, 0.1) is 0 Å². The minimum absolute atomic E-state index is 0.0154. The molecule has 0 spiro atoms. The topological polar surface area (TPSA) is 70.1 Å². The number of hydrogen-bond donors (Lipinski definition) is 0. The van der Waals surface area contributed by atoms with Crippen LogP contribution in [0.3, 0.4) is 0 Å². The molecule has 5 rings (SSSR count). The summed E-state index contributed by atoms with van der Waals surface area (Å²) in [5.74, 6) is 2.01. The monoisotopic (exact) mass is 518 g/mol. The number of hydrogen-bond acceptors (Lipinski definition) is 7. The summed E-state index contributed by atoms with van der Waals surface area (Å²) in [5, 5.41) is 2.74. The van der Waals surface area contributed by atoms with Gasteiger partial charge in [0.25, 0.3) is 5.91 Å². The zero-order valence-corrected chi connectivity index (χ0v) is 22.0. The molecule has 8 heteroatoms. The van der Waals surface area contributed by atoms with Crippen molar-refractivity contribution in [2.24, 2.45) is 0 Å². The van der Waals surface area contributed by atoms with Crippen LogP contribution in [0.15, 0.2) is 60.0 Å². The average Bonchev–Trinajstić information content (AvgIpc) is 3.66. The number of ether oxygens (including phenoxy) is 4. The maximum absolute atomic E-state index is 13.6. The van der Waals surface area contributed by atoms with Crippen molar-refractivity contribution in [1.82, 2.24) is 9.88 Å². The first-order chi connectivity index (χ1) is 18.1. The second-order valence-electron chi connectivity index (χ2n) is 8.86. The van der Waals surface area contributed by atoms with Gasteiger partial charge in [-0.1, -0.05) is 18.2 Å². The Bertz CT molecular complexity index is 1380. The molecule has 2 aromatic heterocycles. The van der Waals surface area contributed by atoms with Crippen molar-refractivity contribution in [1.29, 1.82) is 0 Å². The van der Waals surface area contributed by atoms with E-state index >= 15 is 0 Å². The van der Waals surface area contributed by atoms with Gasteiger partial charge in [-0.05, 0) is 60.2 Å². The van der Waals surface area contributed by atoms with Gasteiger partial charge in [0.15, 0.2) is 0 Å². The SMILES string of the molecule is COc1ccccc1-c1nc2c(OC)ccc(OC)c2cc1CN(CC1CCCO1)C(=O)c1cccs1. The number of carbonyl (C=O) groups excluding carboxylic acids is 1. The predicted octanol–water partition coefficient (Wildman–Crippen LogP) is 5.81. The van der Waals surface area contributed by atoms with E-state index in [9.17, 15) is 4.79 Å². The lowest BCUT2D eigenvalue weighted by Gasteiger charge is -2.26. The van der Waals surface area contributed by atoms with Gasteiger partial charge in [0, 0.05) is 30.6 Å². The van der Waals surface area contributed by atoms with Gasteiger partial charge in [-0.15, -0.1) is 11.3 Å². The largest absolute Gasteiger partial charge is 0.496 e. The molecule has 0 N–H and O–H groups in total. The highest BCUT2D eigenvalue weighted by Gasteiger charge is 2.26. The van der Waals surface area contributed by atoms with E-state index in [1.54, 1.807) is 21.3 Å². The van der Waals surface area contributed by atoms with Crippen LogP contribution in [0.25, 0.3) is 22.2 Å². The third-order valence-electron chi connectivity index (χ3n) is 6.62. The quantitative estimate of drug-likeness (QED) is 0.279. The molecule has 2 aromatic carbocycles. The number of carbonyl (C=O) groups is 1. The molecule has 0 radical (unpaired) electrons. The van der Waals surface area contributed by atoms with Crippen molar-refractivity contribution < 1.29 is 23.7 Å². The first kappa shape index (κ1) is 25.0. The summed E-state index contributed by atoms with van der Waals surface area (Å²) in [7, 11) is 4.91. The van der Waals surface area contributed by atoms with E-state index < -0.39 is 0 Å². The molecular weight excluding hydrogens is 488 g/mol. The molecule has 1 fully saturated rings. The number of methoxy groups -OCH3 is 3. The molecule has 1 atom stereocenters. The Hall–Kier alpha value is -3.62. The smallest absolute Gasteiger partial charge is 0.264 e. The van der Waals surface area contributed by atoms with E-state index in [1.165, 1.54) is 11.3 Å². The minimum Gasteiger partial charge on any atom is -0.496 e. The summed E-state index contributed by atoms with van der Waals surface area (Å²) in [5.41, 5.74) is 3.13. The molecule has 0 saturated carbocycles. The molecule has 1 saturated heterocycles. The molecule has 4 aromatic rings. The Morgan fingerprint density at radius 3 is 2.51 bits per heavy atom. The number of nitrogens with zero attached hydrogens (tertiary/aromatic N) is 2. The molecule has 192 valence electrons. The molecule has 1 unspecified atom stereocenters. The molecule has 1 amide bonds. The van der Waals surface area contributed by atoms with Crippen LogP contribution < -0.4 is 14.2 Å². The number of benzene rings is 2. The van der Waals surface area contributed by atoms with E-state index in [1.807, 2.05) is 58.8 Å². The summed E-state index contributed by atoms with van der Waals surface area (Å²) in [6, 6.07) is 17.3. The summed E-state index contributed by atoms with van der Waals surface area (Å²) < 4.78 is 22.9. The van der Waals surface area contributed by atoms with Gasteiger partial charge in [-0.2, -0.15) is 0 Å². The van der Waals surface area contributed by atoms with Crippen molar-refractivity contribution in [3.8, 4) is 28.5 Å². The summed E-state index contributed by atoms with van der Waals surface area (Å²) >= 11 is 1.44. The van der Waals surface area contributed by atoms with Crippen molar-refractivity contribution in [2.75, 3.05) is 34.5 Å². The van der Waals surface area contributed by atoms with E-state index in [-0.39, 0.29) is 12.0 Å². The minimum atomic E-state index is -0.0193. The fraction of sp³-hybridized carbons (Fsp3) is 0.310.